The molecule has 0 aliphatic carbocycles. The predicted molar refractivity (Wildman–Crippen MR) is 88.8 cm³/mol. The van der Waals surface area contributed by atoms with Crippen molar-refractivity contribution in [1.82, 2.24) is 0 Å². The molecular weight excluding hydrogens is 279 g/mol. The van der Waals surface area contributed by atoms with Crippen molar-refractivity contribution < 1.29 is 9.18 Å². The first-order valence-corrected chi connectivity index (χ1v) is 7.33. The summed E-state index contributed by atoms with van der Waals surface area (Å²) in [6, 6.07) is 10.4. The average Bonchev–Trinajstić information content (AvgIpc) is 2.44. The van der Waals surface area contributed by atoms with E-state index >= 15 is 0 Å². The van der Waals surface area contributed by atoms with Crippen LogP contribution in [-0.4, -0.2) is 12.5 Å². The van der Waals surface area contributed by atoms with E-state index in [0.29, 0.717) is 6.54 Å². The molecule has 0 saturated carbocycles. The van der Waals surface area contributed by atoms with Gasteiger partial charge in [-0.3, -0.25) is 4.79 Å². The van der Waals surface area contributed by atoms with Crippen LogP contribution in [0.1, 0.15) is 23.1 Å². The number of para-hydroxylation sites is 1. The third kappa shape index (κ3) is 4.07. The summed E-state index contributed by atoms with van der Waals surface area (Å²) in [6.07, 6.45) is 0.279. The molecule has 0 bridgehead atoms. The van der Waals surface area contributed by atoms with E-state index in [1.807, 2.05) is 13.8 Å². The summed E-state index contributed by atoms with van der Waals surface area (Å²) in [5.41, 5.74) is 4.82. The third-order valence-corrected chi connectivity index (χ3v) is 3.48. The number of nitrogens with one attached hydrogen (secondary N) is 2. The van der Waals surface area contributed by atoms with E-state index < -0.39 is 5.82 Å². The fourth-order valence-electron chi connectivity index (χ4n) is 2.54. The van der Waals surface area contributed by atoms with Crippen LogP contribution < -0.4 is 10.6 Å². The molecule has 0 aromatic heterocycles. The smallest absolute Gasteiger partial charge is 0.226 e. The number of hydrogen-bond acceptors (Lipinski definition) is 2. The van der Waals surface area contributed by atoms with Crippen molar-refractivity contribution in [1.29, 1.82) is 0 Å². The van der Waals surface area contributed by atoms with Crippen LogP contribution in [-0.2, 0) is 4.79 Å². The minimum absolute atomic E-state index is 0.208. The lowest BCUT2D eigenvalue weighted by Gasteiger charge is -2.14. The van der Waals surface area contributed by atoms with Crippen LogP contribution in [0.4, 0.5) is 15.8 Å². The molecular formula is C18H21FN2O. The summed E-state index contributed by atoms with van der Waals surface area (Å²) in [5.74, 6) is -0.631. The monoisotopic (exact) mass is 300 g/mol. The lowest BCUT2D eigenvalue weighted by molar-refractivity contribution is -0.116. The number of anilines is 2. The molecule has 3 nitrogen and oxygen atoms in total. The van der Waals surface area contributed by atoms with Crippen LogP contribution in [0.15, 0.2) is 36.4 Å². The number of aryl methyl sites for hydroxylation is 3. The summed E-state index contributed by atoms with van der Waals surface area (Å²) in [6.45, 7) is 6.65. The second-order valence-electron chi connectivity index (χ2n) is 5.48. The first-order chi connectivity index (χ1) is 10.5. The Morgan fingerprint density at radius 3 is 2.36 bits per heavy atom. The van der Waals surface area contributed by atoms with Crippen LogP contribution in [0.5, 0.6) is 0 Å². The zero-order chi connectivity index (χ0) is 16.1. The van der Waals surface area contributed by atoms with Crippen molar-refractivity contribution in [2.75, 3.05) is 17.2 Å². The van der Waals surface area contributed by atoms with Crippen molar-refractivity contribution in [3.05, 3.63) is 58.9 Å². The Morgan fingerprint density at radius 2 is 1.73 bits per heavy atom. The van der Waals surface area contributed by atoms with E-state index in [4.69, 9.17) is 0 Å². The second kappa shape index (κ2) is 7.07. The van der Waals surface area contributed by atoms with Crippen LogP contribution in [0, 0.1) is 26.6 Å². The summed E-state index contributed by atoms with van der Waals surface area (Å²) >= 11 is 0. The Balaban J connectivity index is 1.89. The lowest BCUT2D eigenvalue weighted by atomic mass is 10.1. The molecule has 0 aliphatic rings. The maximum absolute atomic E-state index is 13.5. The highest BCUT2D eigenvalue weighted by Crippen LogP contribution is 2.21. The molecule has 0 unspecified atom stereocenters. The number of hydrogen-bond donors (Lipinski definition) is 2. The SMILES string of the molecule is Cc1cc(C)c(NCCC(=O)Nc2ccccc2F)c(C)c1. The molecule has 0 atom stereocenters. The van der Waals surface area contributed by atoms with Gasteiger partial charge in [0.2, 0.25) is 5.91 Å². The van der Waals surface area contributed by atoms with E-state index in [-0.39, 0.29) is 18.0 Å². The Kier molecular flexibility index (Phi) is 5.15. The summed E-state index contributed by atoms with van der Waals surface area (Å²) in [5, 5.41) is 5.87. The van der Waals surface area contributed by atoms with Crippen molar-refractivity contribution in [2.45, 2.75) is 27.2 Å². The van der Waals surface area contributed by atoms with E-state index in [0.717, 1.165) is 16.8 Å². The molecule has 2 aromatic carbocycles. The number of carbonyl (C=O) groups is 1. The molecule has 1 amide bonds. The summed E-state index contributed by atoms with van der Waals surface area (Å²) < 4.78 is 13.5. The Bertz CT molecular complexity index is 660. The number of benzene rings is 2. The van der Waals surface area contributed by atoms with Crippen LogP contribution in [0.2, 0.25) is 0 Å². The van der Waals surface area contributed by atoms with Crippen molar-refractivity contribution in [3.8, 4) is 0 Å². The fourth-order valence-corrected chi connectivity index (χ4v) is 2.54. The van der Waals surface area contributed by atoms with Gasteiger partial charge in [-0.2, -0.15) is 0 Å². The highest BCUT2D eigenvalue weighted by Gasteiger charge is 2.07. The van der Waals surface area contributed by atoms with Gasteiger partial charge in [-0.25, -0.2) is 4.39 Å². The molecule has 22 heavy (non-hydrogen) atoms. The van der Waals surface area contributed by atoms with Gasteiger partial charge in [-0.1, -0.05) is 29.8 Å². The normalized spacial score (nSPS) is 10.4. The maximum atomic E-state index is 13.5. The van der Waals surface area contributed by atoms with E-state index in [9.17, 15) is 9.18 Å². The first-order valence-electron chi connectivity index (χ1n) is 7.33. The van der Waals surface area contributed by atoms with E-state index in [2.05, 4.69) is 29.7 Å². The molecule has 0 spiro atoms. The topological polar surface area (TPSA) is 41.1 Å². The number of amides is 1. The highest BCUT2D eigenvalue weighted by atomic mass is 19.1. The van der Waals surface area contributed by atoms with Crippen molar-refractivity contribution in [2.24, 2.45) is 0 Å². The Hall–Kier alpha value is -2.36. The number of rotatable bonds is 5. The van der Waals surface area contributed by atoms with E-state index in [1.54, 1.807) is 18.2 Å². The quantitative estimate of drug-likeness (QED) is 0.869. The van der Waals surface area contributed by atoms with Gasteiger partial charge in [0, 0.05) is 18.7 Å². The van der Waals surface area contributed by atoms with Crippen molar-refractivity contribution in [3.63, 3.8) is 0 Å². The molecule has 0 aliphatic heterocycles. The first kappa shape index (κ1) is 16.0. The molecule has 116 valence electrons. The predicted octanol–water partition coefficient (Wildman–Crippen LogP) is 4.19. The summed E-state index contributed by atoms with van der Waals surface area (Å²) in [7, 11) is 0. The third-order valence-electron chi connectivity index (χ3n) is 3.48. The largest absolute Gasteiger partial charge is 0.384 e. The fraction of sp³-hybridized carbons (Fsp3) is 0.278. The molecule has 0 fully saturated rings. The van der Waals surface area contributed by atoms with Crippen LogP contribution in [0.25, 0.3) is 0 Å². The molecule has 0 saturated heterocycles. The van der Waals surface area contributed by atoms with Crippen molar-refractivity contribution >= 4 is 17.3 Å². The minimum Gasteiger partial charge on any atom is -0.384 e. The molecule has 2 N–H and O–H groups in total. The summed E-state index contributed by atoms with van der Waals surface area (Å²) in [4.78, 5) is 11.9. The molecule has 2 rings (SSSR count). The molecule has 2 aromatic rings. The number of halogens is 1. The lowest BCUT2D eigenvalue weighted by Crippen LogP contribution is -2.17. The molecule has 4 heteroatoms. The maximum Gasteiger partial charge on any atom is 0.226 e. The zero-order valence-corrected chi connectivity index (χ0v) is 13.2. The van der Waals surface area contributed by atoms with Gasteiger partial charge in [0.05, 0.1) is 5.69 Å². The van der Waals surface area contributed by atoms with Gasteiger partial charge in [-0.15, -0.1) is 0 Å². The van der Waals surface area contributed by atoms with Gasteiger partial charge in [0.25, 0.3) is 0 Å². The molecule has 0 heterocycles. The molecule has 0 radical (unpaired) electrons. The van der Waals surface area contributed by atoms with Gasteiger partial charge in [-0.05, 0) is 44.0 Å². The minimum atomic E-state index is -0.422. The van der Waals surface area contributed by atoms with Crippen LogP contribution >= 0.6 is 0 Å². The zero-order valence-electron chi connectivity index (χ0n) is 13.2. The van der Waals surface area contributed by atoms with Gasteiger partial charge < -0.3 is 10.6 Å². The van der Waals surface area contributed by atoms with Gasteiger partial charge >= 0.3 is 0 Å². The average molecular weight is 300 g/mol. The van der Waals surface area contributed by atoms with E-state index in [1.165, 1.54) is 11.6 Å². The van der Waals surface area contributed by atoms with Crippen LogP contribution in [0.3, 0.4) is 0 Å². The highest BCUT2D eigenvalue weighted by molar-refractivity contribution is 5.91. The number of carbonyl (C=O) groups excluding carboxylic acids is 1. The standard InChI is InChI=1S/C18H21FN2O/c1-12-10-13(2)18(14(3)11-12)20-9-8-17(22)21-16-7-5-4-6-15(16)19/h4-7,10-11,20H,8-9H2,1-3H3,(H,21,22). The second-order valence-corrected chi connectivity index (χ2v) is 5.48. The van der Waals surface area contributed by atoms with Gasteiger partial charge in [0.15, 0.2) is 0 Å². The van der Waals surface area contributed by atoms with Gasteiger partial charge in [0.1, 0.15) is 5.82 Å². The Labute approximate surface area is 130 Å². The Morgan fingerprint density at radius 1 is 1.09 bits per heavy atom.